The molecule has 5 heteroatoms. The Morgan fingerprint density at radius 3 is 2.32 bits per heavy atom. The molecule has 2 unspecified atom stereocenters. The second-order valence-electron chi connectivity index (χ2n) is 5.50. The van der Waals surface area contributed by atoms with Gasteiger partial charge in [0.25, 0.3) is 0 Å². The lowest BCUT2D eigenvalue weighted by Gasteiger charge is -2.26. The molecule has 0 aromatic carbocycles. The zero-order chi connectivity index (χ0) is 13.5. The zero-order valence-electron chi connectivity index (χ0n) is 12.6. The molecule has 114 valence electrons. The lowest BCUT2D eigenvalue weighted by molar-refractivity contribution is -0.132. The van der Waals surface area contributed by atoms with E-state index >= 15 is 0 Å². The van der Waals surface area contributed by atoms with Gasteiger partial charge in [-0.3, -0.25) is 9.69 Å². The van der Waals surface area contributed by atoms with Gasteiger partial charge in [-0.15, -0.1) is 12.4 Å². The van der Waals surface area contributed by atoms with Crippen LogP contribution in [-0.4, -0.2) is 54.5 Å². The number of amides is 1. The third kappa shape index (κ3) is 5.67. The maximum Gasteiger partial charge on any atom is 0.236 e. The van der Waals surface area contributed by atoms with Gasteiger partial charge in [0.15, 0.2) is 0 Å². The van der Waals surface area contributed by atoms with E-state index < -0.39 is 0 Å². The van der Waals surface area contributed by atoms with Crippen LogP contribution in [0.1, 0.15) is 40.0 Å². The second kappa shape index (κ2) is 9.56. The van der Waals surface area contributed by atoms with E-state index in [0.717, 1.165) is 45.4 Å². The summed E-state index contributed by atoms with van der Waals surface area (Å²) < 4.78 is 0. The number of carbonyl (C=O) groups excluding carboxylic acids is 1. The molecule has 0 aromatic rings. The average Bonchev–Trinajstić information content (AvgIpc) is 2.70. The van der Waals surface area contributed by atoms with Crippen LogP contribution in [0.5, 0.6) is 0 Å². The molecule has 1 fully saturated rings. The van der Waals surface area contributed by atoms with Crippen molar-refractivity contribution in [2.45, 2.75) is 46.1 Å². The maximum atomic E-state index is 12.3. The van der Waals surface area contributed by atoms with Gasteiger partial charge < -0.3 is 10.6 Å². The van der Waals surface area contributed by atoms with Crippen molar-refractivity contribution in [1.29, 1.82) is 0 Å². The van der Waals surface area contributed by atoms with Crippen LogP contribution in [0.3, 0.4) is 0 Å². The maximum absolute atomic E-state index is 12.3. The quantitative estimate of drug-likeness (QED) is 0.777. The molecule has 19 heavy (non-hydrogen) atoms. The van der Waals surface area contributed by atoms with Crippen LogP contribution in [0, 0.1) is 5.92 Å². The molecular weight excluding hydrogens is 262 g/mol. The molecule has 1 heterocycles. The lowest BCUT2D eigenvalue weighted by atomic mass is 10.1. The van der Waals surface area contributed by atoms with Gasteiger partial charge in [0.2, 0.25) is 5.91 Å². The number of carbonyl (C=O) groups is 1. The van der Waals surface area contributed by atoms with Crippen LogP contribution in [-0.2, 0) is 4.79 Å². The van der Waals surface area contributed by atoms with Gasteiger partial charge in [-0.1, -0.05) is 13.8 Å². The first-order chi connectivity index (χ1) is 8.62. The summed E-state index contributed by atoms with van der Waals surface area (Å²) in [6, 6.07) is 0.493. The summed E-state index contributed by atoms with van der Waals surface area (Å²) in [6.07, 6.45) is 3.20. The Hall–Kier alpha value is -0.320. The summed E-state index contributed by atoms with van der Waals surface area (Å²) in [7, 11) is 0. The number of rotatable bonds is 7. The molecule has 1 rings (SSSR count). The van der Waals surface area contributed by atoms with Crippen molar-refractivity contribution in [1.82, 2.24) is 9.80 Å². The zero-order valence-corrected chi connectivity index (χ0v) is 13.4. The second-order valence-corrected chi connectivity index (χ2v) is 5.50. The normalized spacial score (nSPS) is 23.2. The van der Waals surface area contributed by atoms with Crippen molar-refractivity contribution in [2.75, 3.05) is 32.7 Å². The minimum absolute atomic E-state index is 0. The van der Waals surface area contributed by atoms with Crippen LogP contribution < -0.4 is 5.73 Å². The Bertz CT molecular complexity index is 257. The summed E-state index contributed by atoms with van der Waals surface area (Å²) in [6.45, 7) is 10.5. The number of likely N-dealkylation sites (tertiary alicyclic amines) is 1. The molecular formula is C14H30ClN3O. The Morgan fingerprint density at radius 2 is 1.89 bits per heavy atom. The smallest absolute Gasteiger partial charge is 0.236 e. The van der Waals surface area contributed by atoms with Gasteiger partial charge in [-0.25, -0.2) is 0 Å². The van der Waals surface area contributed by atoms with Crippen molar-refractivity contribution >= 4 is 18.3 Å². The van der Waals surface area contributed by atoms with E-state index in [9.17, 15) is 4.79 Å². The van der Waals surface area contributed by atoms with E-state index in [2.05, 4.69) is 25.7 Å². The predicted octanol–water partition coefficient (Wildman–Crippen LogP) is 1.73. The van der Waals surface area contributed by atoms with Crippen molar-refractivity contribution in [3.05, 3.63) is 0 Å². The van der Waals surface area contributed by atoms with E-state index in [1.165, 1.54) is 0 Å². The number of hydrogen-bond donors (Lipinski definition) is 1. The van der Waals surface area contributed by atoms with Crippen LogP contribution in [0.15, 0.2) is 0 Å². The van der Waals surface area contributed by atoms with Crippen molar-refractivity contribution < 1.29 is 4.79 Å². The van der Waals surface area contributed by atoms with E-state index in [1.54, 1.807) is 0 Å². The SMILES string of the molecule is CCCN(CCC)C(=O)CN1CC(CN)CC1C.Cl. The van der Waals surface area contributed by atoms with E-state index in [1.807, 2.05) is 4.90 Å². The molecule has 0 radical (unpaired) electrons. The number of hydrogen-bond acceptors (Lipinski definition) is 3. The Balaban J connectivity index is 0.00000324. The lowest BCUT2D eigenvalue weighted by Crippen LogP contribution is -2.42. The highest BCUT2D eigenvalue weighted by atomic mass is 35.5. The van der Waals surface area contributed by atoms with Gasteiger partial charge in [-0.2, -0.15) is 0 Å². The number of nitrogens with two attached hydrogens (primary N) is 1. The minimum atomic E-state index is 0. The van der Waals surface area contributed by atoms with Crippen LogP contribution >= 0.6 is 12.4 Å². The number of nitrogens with zero attached hydrogens (tertiary/aromatic N) is 2. The van der Waals surface area contributed by atoms with Gasteiger partial charge >= 0.3 is 0 Å². The van der Waals surface area contributed by atoms with Crippen molar-refractivity contribution in [2.24, 2.45) is 11.7 Å². The predicted molar refractivity (Wildman–Crippen MR) is 82.6 cm³/mol. The molecule has 1 amide bonds. The molecule has 4 nitrogen and oxygen atoms in total. The molecule has 2 N–H and O–H groups in total. The molecule has 0 bridgehead atoms. The van der Waals surface area contributed by atoms with E-state index in [4.69, 9.17) is 5.73 Å². The molecule has 0 aliphatic carbocycles. The van der Waals surface area contributed by atoms with Gasteiger partial charge in [-0.05, 0) is 38.6 Å². The summed E-state index contributed by atoms with van der Waals surface area (Å²) in [5.41, 5.74) is 5.72. The van der Waals surface area contributed by atoms with Crippen molar-refractivity contribution in [3.63, 3.8) is 0 Å². The third-order valence-corrected chi connectivity index (χ3v) is 3.80. The molecule has 2 atom stereocenters. The summed E-state index contributed by atoms with van der Waals surface area (Å²) in [5.74, 6) is 0.849. The first kappa shape index (κ1) is 18.7. The number of halogens is 1. The van der Waals surface area contributed by atoms with E-state index in [0.29, 0.717) is 18.5 Å². The largest absolute Gasteiger partial charge is 0.342 e. The average molecular weight is 292 g/mol. The fourth-order valence-corrected chi connectivity index (χ4v) is 2.78. The minimum Gasteiger partial charge on any atom is -0.342 e. The van der Waals surface area contributed by atoms with Crippen LogP contribution in [0.4, 0.5) is 0 Å². The fraction of sp³-hybridized carbons (Fsp3) is 0.929. The summed E-state index contributed by atoms with van der Waals surface area (Å²) in [5, 5.41) is 0. The van der Waals surface area contributed by atoms with Gasteiger partial charge in [0.05, 0.1) is 6.54 Å². The molecule has 1 saturated heterocycles. The summed E-state index contributed by atoms with van der Waals surface area (Å²) >= 11 is 0. The van der Waals surface area contributed by atoms with E-state index in [-0.39, 0.29) is 18.3 Å². The molecule has 0 saturated carbocycles. The standard InChI is InChI=1S/C14H29N3O.ClH/c1-4-6-16(7-5-2)14(18)11-17-10-13(9-15)8-12(17)3;/h12-13H,4-11,15H2,1-3H3;1H. The van der Waals surface area contributed by atoms with Crippen LogP contribution in [0.2, 0.25) is 0 Å². The highest BCUT2D eigenvalue weighted by molar-refractivity contribution is 5.85. The Morgan fingerprint density at radius 1 is 1.32 bits per heavy atom. The molecule has 0 spiro atoms. The topological polar surface area (TPSA) is 49.6 Å². The third-order valence-electron chi connectivity index (χ3n) is 3.80. The Labute approximate surface area is 124 Å². The van der Waals surface area contributed by atoms with Crippen molar-refractivity contribution in [3.8, 4) is 0 Å². The first-order valence-corrected chi connectivity index (χ1v) is 7.34. The Kier molecular flexibility index (Phi) is 9.40. The monoisotopic (exact) mass is 291 g/mol. The van der Waals surface area contributed by atoms with Crippen LogP contribution in [0.25, 0.3) is 0 Å². The van der Waals surface area contributed by atoms with Gasteiger partial charge in [0, 0.05) is 25.7 Å². The molecule has 0 aromatic heterocycles. The van der Waals surface area contributed by atoms with Gasteiger partial charge in [0.1, 0.15) is 0 Å². The first-order valence-electron chi connectivity index (χ1n) is 7.34. The fourth-order valence-electron chi connectivity index (χ4n) is 2.78. The highest BCUT2D eigenvalue weighted by Crippen LogP contribution is 2.21. The molecule has 1 aliphatic rings. The summed E-state index contributed by atoms with van der Waals surface area (Å²) in [4.78, 5) is 16.6. The highest BCUT2D eigenvalue weighted by Gasteiger charge is 2.30. The molecule has 1 aliphatic heterocycles.